The quantitative estimate of drug-likeness (QED) is 0.591. The molecule has 1 heterocycles. The second-order valence-electron chi connectivity index (χ2n) is 6.51. The highest BCUT2D eigenvalue weighted by Gasteiger charge is 2.18. The molecule has 0 atom stereocenters. The summed E-state index contributed by atoms with van der Waals surface area (Å²) in [7, 11) is 1.60. The van der Waals surface area contributed by atoms with Crippen LogP contribution in [0.4, 0.5) is 17.2 Å². The van der Waals surface area contributed by atoms with Gasteiger partial charge in [0.2, 0.25) is 5.91 Å². The predicted octanol–water partition coefficient (Wildman–Crippen LogP) is 3.88. The van der Waals surface area contributed by atoms with Gasteiger partial charge in [0, 0.05) is 24.7 Å². The Labute approximate surface area is 168 Å². The number of amides is 1. The number of anilines is 3. The van der Waals surface area contributed by atoms with E-state index in [1.165, 1.54) is 6.92 Å². The molecule has 3 aromatic rings. The lowest BCUT2D eigenvalue weighted by molar-refractivity contribution is -0.115. The molecule has 150 valence electrons. The third-order valence-corrected chi connectivity index (χ3v) is 4.41. The van der Waals surface area contributed by atoms with Crippen molar-refractivity contribution < 1.29 is 14.3 Å². The summed E-state index contributed by atoms with van der Waals surface area (Å²) < 4.78 is 6.76. The number of benzene rings is 2. The molecular formula is C21H23N5O3. The van der Waals surface area contributed by atoms with Gasteiger partial charge in [-0.3, -0.25) is 9.59 Å². The number of aryl methyl sites for hydroxylation is 1. The van der Waals surface area contributed by atoms with Crippen molar-refractivity contribution in [3.05, 3.63) is 53.7 Å². The van der Waals surface area contributed by atoms with Crippen molar-refractivity contribution in [2.45, 2.75) is 27.2 Å². The van der Waals surface area contributed by atoms with Crippen molar-refractivity contribution in [2.75, 3.05) is 17.7 Å². The lowest BCUT2D eigenvalue weighted by atomic mass is 10.1. The van der Waals surface area contributed by atoms with E-state index in [9.17, 15) is 9.59 Å². The highest BCUT2D eigenvalue weighted by atomic mass is 16.5. The molecule has 0 spiro atoms. The number of ether oxygens (including phenoxy) is 1. The number of Topliss-reactive ketones (excluding diaryl/α,β-unsaturated/α-hetero) is 1. The summed E-state index contributed by atoms with van der Waals surface area (Å²) >= 11 is 0. The fraction of sp³-hybridized carbons (Fsp3) is 0.238. The molecule has 0 saturated carbocycles. The summed E-state index contributed by atoms with van der Waals surface area (Å²) in [6, 6.07) is 12.8. The molecule has 0 unspecified atom stereocenters. The minimum atomic E-state index is -0.198. The highest BCUT2D eigenvalue weighted by molar-refractivity contribution is 5.97. The number of ketones is 1. The van der Waals surface area contributed by atoms with Gasteiger partial charge in [-0.2, -0.15) is 4.68 Å². The molecular weight excluding hydrogens is 370 g/mol. The maximum atomic E-state index is 12.1. The zero-order chi connectivity index (χ0) is 21.0. The normalized spacial score (nSPS) is 10.5. The van der Waals surface area contributed by atoms with E-state index in [4.69, 9.17) is 4.74 Å². The van der Waals surface area contributed by atoms with Gasteiger partial charge in [0.25, 0.3) is 0 Å². The Morgan fingerprint density at radius 3 is 2.45 bits per heavy atom. The predicted molar refractivity (Wildman–Crippen MR) is 111 cm³/mol. The average Bonchev–Trinajstić information content (AvgIpc) is 3.13. The monoisotopic (exact) mass is 393 g/mol. The maximum absolute atomic E-state index is 12.1. The highest BCUT2D eigenvalue weighted by Crippen LogP contribution is 2.27. The molecule has 0 aliphatic carbocycles. The van der Waals surface area contributed by atoms with Crippen LogP contribution in [-0.2, 0) is 4.79 Å². The van der Waals surface area contributed by atoms with Crippen LogP contribution in [0, 0.1) is 6.92 Å². The van der Waals surface area contributed by atoms with Gasteiger partial charge in [-0.25, -0.2) is 0 Å². The van der Waals surface area contributed by atoms with Gasteiger partial charge >= 0.3 is 0 Å². The number of aromatic nitrogens is 3. The zero-order valence-electron chi connectivity index (χ0n) is 16.8. The summed E-state index contributed by atoms with van der Waals surface area (Å²) in [6.45, 7) is 5.15. The van der Waals surface area contributed by atoms with Gasteiger partial charge in [0.1, 0.15) is 5.75 Å². The van der Waals surface area contributed by atoms with Gasteiger partial charge in [0.05, 0.1) is 12.8 Å². The molecule has 2 aromatic carbocycles. The second kappa shape index (κ2) is 8.55. The number of hydrogen-bond acceptors (Lipinski definition) is 6. The van der Waals surface area contributed by atoms with E-state index in [0.717, 1.165) is 28.4 Å². The molecule has 3 rings (SSSR count). The van der Waals surface area contributed by atoms with Crippen LogP contribution in [0.5, 0.6) is 5.75 Å². The third kappa shape index (κ3) is 4.43. The smallest absolute Gasteiger partial charge is 0.224 e. The van der Waals surface area contributed by atoms with E-state index in [2.05, 4.69) is 20.9 Å². The Balaban J connectivity index is 1.95. The molecule has 0 fully saturated rings. The molecule has 2 N–H and O–H groups in total. The van der Waals surface area contributed by atoms with Gasteiger partial charge < -0.3 is 15.4 Å². The molecule has 1 amide bonds. The molecule has 0 bridgehead atoms. The van der Waals surface area contributed by atoms with Crippen molar-refractivity contribution in [3.8, 4) is 11.4 Å². The fourth-order valence-corrected chi connectivity index (χ4v) is 2.79. The van der Waals surface area contributed by atoms with Crippen molar-refractivity contribution in [1.29, 1.82) is 0 Å². The van der Waals surface area contributed by atoms with Crippen LogP contribution >= 0.6 is 0 Å². The number of carbonyl (C=O) groups excluding carboxylic acids is 2. The van der Waals surface area contributed by atoms with Crippen LogP contribution in [0.2, 0.25) is 0 Å². The SMILES string of the molecule is CCC(=O)Nc1ccc(Nc2c(C(C)=O)nnn2-c2ccc(OC)cc2)cc1C. The molecule has 0 saturated heterocycles. The van der Waals surface area contributed by atoms with Crippen molar-refractivity contribution in [1.82, 2.24) is 15.0 Å². The number of nitrogens with one attached hydrogen (secondary N) is 2. The number of hydrogen-bond donors (Lipinski definition) is 2. The van der Waals surface area contributed by atoms with Crippen LogP contribution in [0.25, 0.3) is 5.69 Å². The molecule has 0 aliphatic rings. The van der Waals surface area contributed by atoms with E-state index in [0.29, 0.717) is 12.2 Å². The van der Waals surface area contributed by atoms with Crippen LogP contribution < -0.4 is 15.4 Å². The Hall–Kier alpha value is -3.68. The van der Waals surface area contributed by atoms with E-state index in [1.54, 1.807) is 18.7 Å². The number of carbonyl (C=O) groups is 2. The van der Waals surface area contributed by atoms with Gasteiger partial charge in [0.15, 0.2) is 17.3 Å². The summed E-state index contributed by atoms with van der Waals surface area (Å²) in [6.07, 6.45) is 0.411. The van der Waals surface area contributed by atoms with Crippen LogP contribution in [0.15, 0.2) is 42.5 Å². The minimum absolute atomic E-state index is 0.0468. The minimum Gasteiger partial charge on any atom is -0.497 e. The van der Waals surface area contributed by atoms with E-state index in [1.807, 2.05) is 49.4 Å². The lowest BCUT2D eigenvalue weighted by Crippen LogP contribution is -2.11. The first kappa shape index (κ1) is 20.1. The van der Waals surface area contributed by atoms with Crippen LogP contribution in [0.3, 0.4) is 0 Å². The van der Waals surface area contributed by atoms with Gasteiger partial charge in [-0.15, -0.1) is 5.10 Å². The number of rotatable bonds is 7. The van der Waals surface area contributed by atoms with Gasteiger partial charge in [-0.05, 0) is 55.0 Å². The fourth-order valence-electron chi connectivity index (χ4n) is 2.79. The van der Waals surface area contributed by atoms with E-state index < -0.39 is 0 Å². The van der Waals surface area contributed by atoms with Crippen LogP contribution in [-0.4, -0.2) is 33.8 Å². The summed E-state index contributed by atoms with van der Waals surface area (Å²) in [5.41, 5.74) is 3.36. The molecule has 8 heteroatoms. The Morgan fingerprint density at radius 2 is 1.86 bits per heavy atom. The summed E-state index contributed by atoms with van der Waals surface area (Å²) in [4.78, 5) is 23.7. The van der Waals surface area contributed by atoms with Crippen molar-refractivity contribution >= 4 is 28.9 Å². The number of nitrogens with zero attached hydrogens (tertiary/aromatic N) is 3. The Bertz CT molecular complexity index is 1040. The third-order valence-electron chi connectivity index (χ3n) is 4.41. The Kier molecular flexibility index (Phi) is 5.92. The first-order chi connectivity index (χ1) is 13.9. The van der Waals surface area contributed by atoms with Crippen molar-refractivity contribution in [3.63, 3.8) is 0 Å². The standard InChI is InChI=1S/C21H23N5O3/c1-5-19(28)23-18-11-6-15(12-13(18)2)22-21-20(14(3)27)24-25-26(21)16-7-9-17(29-4)10-8-16/h6-12,22H,5H2,1-4H3,(H,23,28). The topological polar surface area (TPSA) is 98.1 Å². The molecule has 0 radical (unpaired) electrons. The Morgan fingerprint density at radius 1 is 1.14 bits per heavy atom. The van der Waals surface area contributed by atoms with E-state index >= 15 is 0 Å². The average molecular weight is 393 g/mol. The lowest BCUT2D eigenvalue weighted by Gasteiger charge is -2.13. The summed E-state index contributed by atoms with van der Waals surface area (Å²) in [5.74, 6) is 0.938. The van der Waals surface area contributed by atoms with Crippen molar-refractivity contribution in [2.24, 2.45) is 0 Å². The first-order valence-electron chi connectivity index (χ1n) is 9.21. The maximum Gasteiger partial charge on any atom is 0.224 e. The summed E-state index contributed by atoms with van der Waals surface area (Å²) in [5, 5.41) is 14.3. The molecule has 8 nitrogen and oxygen atoms in total. The molecule has 29 heavy (non-hydrogen) atoms. The second-order valence-corrected chi connectivity index (χ2v) is 6.51. The zero-order valence-corrected chi connectivity index (χ0v) is 16.8. The molecule has 1 aromatic heterocycles. The number of methoxy groups -OCH3 is 1. The van der Waals surface area contributed by atoms with Crippen LogP contribution in [0.1, 0.15) is 36.3 Å². The van der Waals surface area contributed by atoms with Gasteiger partial charge in [-0.1, -0.05) is 12.1 Å². The first-order valence-corrected chi connectivity index (χ1v) is 9.21. The van der Waals surface area contributed by atoms with E-state index in [-0.39, 0.29) is 17.4 Å². The largest absolute Gasteiger partial charge is 0.497 e. The molecule has 0 aliphatic heterocycles.